The molecule has 1 atom stereocenters. The van der Waals surface area contributed by atoms with E-state index in [-0.39, 0.29) is 6.54 Å². The second-order valence-electron chi connectivity index (χ2n) is 3.73. The van der Waals surface area contributed by atoms with Crippen LogP contribution in [0.15, 0.2) is 11.6 Å². The first-order valence-electron chi connectivity index (χ1n) is 4.75. The molecule has 1 unspecified atom stereocenters. The minimum absolute atomic E-state index is 0.110. The fraction of sp³-hybridized carbons (Fsp3) is 0.800. The highest BCUT2D eigenvalue weighted by atomic mass is 19.1. The molecule has 0 saturated carbocycles. The van der Waals surface area contributed by atoms with Crippen LogP contribution in [0.1, 0.15) is 39.0 Å². The normalized spacial score (nSPS) is 24.1. The van der Waals surface area contributed by atoms with E-state index in [1.54, 1.807) is 6.92 Å². The molecule has 1 aliphatic rings. The van der Waals surface area contributed by atoms with Gasteiger partial charge in [-0.25, -0.2) is 4.39 Å². The van der Waals surface area contributed by atoms with Crippen molar-refractivity contribution in [3.63, 3.8) is 0 Å². The summed E-state index contributed by atoms with van der Waals surface area (Å²) >= 11 is 0. The van der Waals surface area contributed by atoms with Crippen LogP contribution in [0.5, 0.6) is 0 Å². The fourth-order valence-corrected chi connectivity index (χ4v) is 1.62. The molecule has 0 bridgehead atoms. The molecule has 0 aromatic heterocycles. The number of halogens is 1. The van der Waals surface area contributed by atoms with Gasteiger partial charge >= 0.3 is 0 Å². The first-order valence-corrected chi connectivity index (χ1v) is 4.75. The maximum atomic E-state index is 13.7. The maximum absolute atomic E-state index is 13.7. The highest BCUT2D eigenvalue weighted by Gasteiger charge is 2.26. The Kier molecular flexibility index (Phi) is 3.27. The number of nitrogens with two attached hydrogens (primary N) is 1. The number of allylic oxidation sites excluding steroid dienone is 1. The SMILES string of the molecule is CC(F)(CN)C1=CCCCCC1. The summed E-state index contributed by atoms with van der Waals surface area (Å²) in [7, 11) is 0. The van der Waals surface area contributed by atoms with Gasteiger partial charge in [0.2, 0.25) is 0 Å². The Bertz CT molecular complexity index is 173. The standard InChI is InChI=1S/C10H18FN/c1-10(11,8-12)9-6-4-2-3-5-7-9/h6H,2-5,7-8,12H2,1H3. The van der Waals surface area contributed by atoms with Gasteiger partial charge in [0.1, 0.15) is 5.67 Å². The lowest BCUT2D eigenvalue weighted by atomic mass is 9.94. The first kappa shape index (κ1) is 9.72. The Morgan fingerprint density at radius 2 is 2.25 bits per heavy atom. The van der Waals surface area contributed by atoms with E-state index >= 15 is 0 Å². The fourth-order valence-electron chi connectivity index (χ4n) is 1.62. The molecule has 0 spiro atoms. The van der Waals surface area contributed by atoms with Gasteiger partial charge in [-0.15, -0.1) is 0 Å². The number of alkyl halides is 1. The van der Waals surface area contributed by atoms with Gasteiger partial charge < -0.3 is 5.73 Å². The van der Waals surface area contributed by atoms with Crippen molar-refractivity contribution in [2.75, 3.05) is 6.54 Å². The van der Waals surface area contributed by atoms with Crippen molar-refractivity contribution in [3.05, 3.63) is 11.6 Å². The van der Waals surface area contributed by atoms with Gasteiger partial charge in [-0.2, -0.15) is 0 Å². The predicted octanol–water partition coefficient (Wildman–Crippen LogP) is 2.56. The third-order valence-corrected chi connectivity index (χ3v) is 2.59. The Morgan fingerprint density at radius 3 is 2.92 bits per heavy atom. The predicted molar refractivity (Wildman–Crippen MR) is 49.7 cm³/mol. The molecule has 70 valence electrons. The second-order valence-corrected chi connectivity index (χ2v) is 3.73. The molecule has 2 heteroatoms. The zero-order valence-corrected chi connectivity index (χ0v) is 7.78. The first-order chi connectivity index (χ1) is 5.67. The van der Waals surface area contributed by atoms with E-state index < -0.39 is 5.67 Å². The van der Waals surface area contributed by atoms with Gasteiger partial charge in [0, 0.05) is 6.54 Å². The van der Waals surface area contributed by atoms with Gasteiger partial charge in [0.05, 0.1) is 0 Å². The summed E-state index contributed by atoms with van der Waals surface area (Å²) in [6.07, 6.45) is 7.50. The van der Waals surface area contributed by atoms with Crippen LogP contribution >= 0.6 is 0 Å². The van der Waals surface area contributed by atoms with Crippen molar-refractivity contribution in [2.24, 2.45) is 5.73 Å². The van der Waals surface area contributed by atoms with Crippen molar-refractivity contribution in [3.8, 4) is 0 Å². The van der Waals surface area contributed by atoms with E-state index in [2.05, 4.69) is 0 Å². The molecule has 12 heavy (non-hydrogen) atoms. The zero-order chi connectivity index (χ0) is 9.03. The minimum Gasteiger partial charge on any atom is -0.327 e. The third-order valence-electron chi connectivity index (χ3n) is 2.59. The maximum Gasteiger partial charge on any atom is 0.141 e. The van der Waals surface area contributed by atoms with Crippen LogP contribution in [0.3, 0.4) is 0 Å². The van der Waals surface area contributed by atoms with Gasteiger partial charge in [0.15, 0.2) is 0 Å². The molecule has 0 radical (unpaired) electrons. The quantitative estimate of drug-likeness (QED) is 0.635. The smallest absolute Gasteiger partial charge is 0.141 e. The minimum atomic E-state index is -1.26. The van der Waals surface area contributed by atoms with Gasteiger partial charge in [0.25, 0.3) is 0 Å². The van der Waals surface area contributed by atoms with Gasteiger partial charge in [-0.3, -0.25) is 0 Å². The Morgan fingerprint density at radius 1 is 1.50 bits per heavy atom. The molecule has 1 aliphatic carbocycles. The monoisotopic (exact) mass is 171 g/mol. The summed E-state index contributed by atoms with van der Waals surface area (Å²) in [5.74, 6) is 0. The van der Waals surface area contributed by atoms with Crippen LogP contribution < -0.4 is 5.73 Å². The summed E-state index contributed by atoms with van der Waals surface area (Å²) in [4.78, 5) is 0. The molecule has 0 saturated heterocycles. The number of rotatable bonds is 2. The molecule has 0 amide bonds. The average Bonchev–Trinajstić information content (AvgIpc) is 2.32. The molecular weight excluding hydrogens is 153 g/mol. The van der Waals surface area contributed by atoms with Gasteiger partial charge in [-0.05, 0) is 38.2 Å². The van der Waals surface area contributed by atoms with E-state index in [1.807, 2.05) is 6.08 Å². The van der Waals surface area contributed by atoms with Crippen LogP contribution in [0, 0.1) is 0 Å². The lowest BCUT2D eigenvalue weighted by Gasteiger charge is -2.21. The molecular formula is C10H18FN. The van der Waals surface area contributed by atoms with E-state index in [1.165, 1.54) is 12.8 Å². The molecule has 0 aromatic rings. The van der Waals surface area contributed by atoms with Crippen LogP contribution in [-0.4, -0.2) is 12.2 Å². The third kappa shape index (κ3) is 2.31. The summed E-state index contributed by atoms with van der Waals surface area (Å²) in [5.41, 5.74) is 5.03. The molecule has 0 aliphatic heterocycles. The average molecular weight is 171 g/mol. The van der Waals surface area contributed by atoms with Crippen molar-refractivity contribution >= 4 is 0 Å². The van der Waals surface area contributed by atoms with Crippen LogP contribution in [0.4, 0.5) is 4.39 Å². The lowest BCUT2D eigenvalue weighted by Crippen LogP contribution is -2.31. The highest BCUT2D eigenvalue weighted by Crippen LogP contribution is 2.28. The molecule has 0 aromatic carbocycles. The molecule has 1 rings (SSSR count). The van der Waals surface area contributed by atoms with Crippen molar-refractivity contribution in [1.82, 2.24) is 0 Å². The topological polar surface area (TPSA) is 26.0 Å². The van der Waals surface area contributed by atoms with Crippen LogP contribution in [0.2, 0.25) is 0 Å². The molecule has 0 fully saturated rings. The van der Waals surface area contributed by atoms with E-state index in [9.17, 15) is 4.39 Å². The van der Waals surface area contributed by atoms with E-state index in [4.69, 9.17) is 5.73 Å². The van der Waals surface area contributed by atoms with E-state index in [0.29, 0.717) is 0 Å². The van der Waals surface area contributed by atoms with Gasteiger partial charge in [-0.1, -0.05) is 12.5 Å². The summed E-state index contributed by atoms with van der Waals surface area (Å²) in [6, 6.07) is 0. The Balaban J connectivity index is 2.64. The second kappa shape index (κ2) is 4.04. The van der Waals surface area contributed by atoms with E-state index in [0.717, 1.165) is 24.8 Å². The summed E-state index contributed by atoms with van der Waals surface area (Å²) < 4.78 is 13.7. The molecule has 1 nitrogen and oxygen atoms in total. The molecule has 0 heterocycles. The zero-order valence-electron chi connectivity index (χ0n) is 7.78. The highest BCUT2D eigenvalue weighted by molar-refractivity contribution is 5.17. The number of hydrogen-bond donors (Lipinski definition) is 1. The van der Waals surface area contributed by atoms with Crippen LogP contribution in [0.25, 0.3) is 0 Å². The van der Waals surface area contributed by atoms with Crippen molar-refractivity contribution in [2.45, 2.75) is 44.7 Å². The largest absolute Gasteiger partial charge is 0.327 e. The lowest BCUT2D eigenvalue weighted by molar-refractivity contribution is 0.242. The van der Waals surface area contributed by atoms with Crippen LogP contribution in [-0.2, 0) is 0 Å². The summed E-state index contributed by atoms with van der Waals surface area (Å²) in [5, 5.41) is 0. The molecule has 2 N–H and O–H groups in total. The summed E-state index contributed by atoms with van der Waals surface area (Å²) in [6.45, 7) is 1.70. The van der Waals surface area contributed by atoms with Crippen molar-refractivity contribution < 1.29 is 4.39 Å². The number of hydrogen-bond acceptors (Lipinski definition) is 1. The van der Waals surface area contributed by atoms with Crippen molar-refractivity contribution in [1.29, 1.82) is 0 Å². The Labute approximate surface area is 73.8 Å². The Hall–Kier alpha value is -0.370.